The number of urea groups is 1. The highest BCUT2D eigenvalue weighted by Crippen LogP contribution is 2.30. The maximum absolute atomic E-state index is 12.8. The van der Waals surface area contributed by atoms with Crippen molar-refractivity contribution in [2.24, 2.45) is 0 Å². The quantitative estimate of drug-likeness (QED) is 0.708. The lowest BCUT2D eigenvalue weighted by Gasteiger charge is -2.28. The molecule has 0 unspecified atom stereocenters. The van der Waals surface area contributed by atoms with Crippen LogP contribution in [0.1, 0.15) is 16.1 Å². The Morgan fingerprint density at radius 2 is 1.76 bits per heavy atom. The maximum Gasteiger partial charge on any atom is 0.327 e. The number of rotatable bonds is 3. The second-order valence-corrected chi connectivity index (χ2v) is 6.64. The summed E-state index contributed by atoms with van der Waals surface area (Å²) in [6.07, 6.45) is 0. The molecule has 2 N–H and O–H groups in total. The molecule has 0 aliphatic carbocycles. The first-order valence-corrected chi connectivity index (χ1v) is 9.25. The smallest absolute Gasteiger partial charge is 0.327 e. The van der Waals surface area contributed by atoms with Crippen LogP contribution in [0.2, 0.25) is 0 Å². The van der Waals surface area contributed by atoms with E-state index in [2.05, 4.69) is 15.6 Å². The van der Waals surface area contributed by atoms with Crippen molar-refractivity contribution in [1.29, 1.82) is 0 Å². The van der Waals surface area contributed by atoms with Crippen molar-refractivity contribution in [3.63, 3.8) is 0 Å². The topological polar surface area (TPSA) is 83.6 Å². The van der Waals surface area contributed by atoms with Gasteiger partial charge in [-0.25, -0.2) is 9.78 Å². The van der Waals surface area contributed by atoms with Crippen LogP contribution in [0, 0.1) is 6.92 Å². The maximum atomic E-state index is 12.8. The highest BCUT2D eigenvalue weighted by molar-refractivity contribution is 6.05. The minimum Gasteiger partial charge on any atom is -0.488 e. The third kappa shape index (κ3) is 4.19. The van der Waals surface area contributed by atoms with Crippen molar-refractivity contribution >= 4 is 29.1 Å². The number of amides is 3. The van der Waals surface area contributed by atoms with Crippen LogP contribution in [-0.4, -0.2) is 30.1 Å². The van der Waals surface area contributed by atoms with E-state index < -0.39 is 0 Å². The molecule has 0 saturated carbocycles. The zero-order valence-corrected chi connectivity index (χ0v) is 15.9. The van der Waals surface area contributed by atoms with E-state index in [9.17, 15) is 9.59 Å². The molecule has 2 aromatic carbocycles. The molecular weight excluding hydrogens is 368 g/mol. The lowest BCUT2D eigenvalue weighted by atomic mass is 10.2. The summed E-state index contributed by atoms with van der Waals surface area (Å²) in [7, 11) is 0. The van der Waals surface area contributed by atoms with Crippen molar-refractivity contribution in [3.8, 4) is 5.75 Å². The Morgan fingerprint density at radius 1 is 0.966 bits per heavy atom. The van der Waals surface area contributed by atoms with Crippen LogP contribution in [0.15, 0.2) is 66.7 Å². The van der Waals surface area contributed by atoms with Gasteiger partial charge in [0.1, 0.15) is 12.3 Å². The third-order valence-electron chi connectivity index (χ3n) is 4.45. The number of benzene rings is 2. The molecule has 3 aromatic rings. The van der Waals surface area contributed by atoms with E-state index in [0.717, 1.165) is 5.56 Å². The van der Waals surface area contributed by atoms with Crippen LogP contribution in [0.3, 0.4) is 0 Å². The van der Waals surface area contributed by atoms with Crippen LogP contribution in [0.4, 0.5) is 22.0 Å². The van der Waals surface area contributed by atoms with Gasteiger partial charge in [-0.1, -0.05) is 30.3 Å². The highest BCUT2D eigenvalue weighted by Gasteiger charge is 2.26. The molecule has 1 aliphatic heterocycles. The number of ether oxygens (including phenoxy) is 1. The summed E-state index contributed by atoms with van der Waals surface area (Å²) >= 11 is 0. The molecule has 0 saturated heterocycles. The molecule has 29 heavy (non-hydrogen) atoms. The molecule has 146 valence electrons. The van der Waals surface area contributed by atoms with Crippen molar-refractivity contribution < 1.29 is 14.3 Å². The first kappa shape index (κ1) is 18.5. The van der Waals surface area contributed by atoms with Gasteiger partial charge in [0.2, 0.25) is 0 Å². The minimum absolute atomic E-state index is 0.202. The Morgan fingerprint density at radius 3 is 2.55 bits per heavy atom. The van der Waals surface area contributed by atoms with Gasteiger partial charge in [0.15, 0.2) is 11.6 Å². The molecule has 0 bridgehead atoms. The largest absolute Gasteiger partial charge is 0.488 e. The number of hydrogen-bond acceptors (Lipinski definition) is 4. The molecular formula is C22H20N4O3. The Hall–Kier alpha value is -3.87. The summed E-state index contributed by atoms with van der Waals surface area (Å²) in [4.78, 5) is 31.3. The Kier molecular flexibility index (Phi) is 5.11. The summed E-state index contributed by atoms with van der Waals surface area (Å²) < 4.78 is 5.61. The zero-order chi connectivity index (χ0) is 20.2. The molecule has 1 aliphatic rings. The van der Waals surface area contributed by atoms with E-state index in [1.165, 1.54) is 4.90 Å². The predicted octanol–water partition coefficient (Wildman–Crippen LogP) is 4.07. The molecule has 2 heterocycles. The number of para-hydroxylation sites is 1. The number of fused-ring (bicyclic) bond motifs is 1. The van der Waals surface area contributed by atoms with Crippen molar-refractivity contribution in [2.45, 2.75) is 6.92 Å². The van der Waals surface area contributed by atoms with Gasteiger partial charge in [0.05, 0.1) is 6.54 Å². The van der Waals surface area contributed by atoms with Gasteiger partial charge in [0, 0.05) is 11.4 Å². The van der Waals surface area contributed by atoms with Gasteiger partial charge in [-0.15, -0.1) is 0 Å². The molecule has 0 fully saturated rings. The molecule has 3 amide bonds. The normalized spacial score (nSPS) is 12.5. The van der Waals surface area contributed by atoms with E-state index in [1.54, 1.807) is 24.3 Å². The van der Waals surface area contributed by atoms with Crippen LogP contribution < -0.4 is 20.3 Å². The molecule has 1 aromatic heterocycles. The molecule has 0 atom stereocenters. The minimum atomic E-state index is -0.354. The van der Waals surface area contributed by atoms with Crippen molar-refractivity contribution in [2.75, 3.05) is 28.7 Å². The van der Waals surface area contributed by atoms with E-state index in [4.69, 9.17) is 4.74 Å². The zero-order valence-electron chi connectivity index (χ0n) is 15.9. The van der Waals surface area contributed by atoms with Gasteiger partial charge >= 0.3 is 6.03 Å². The lowest BCUT2D eigenvalue weighted by Crippen LogP contribution is -2.41. The Bertz CT molecular complexity index is 1050. The summed E-state index contributed by atoms with van der Waals surface area (Å²) in [6.45, 7) is 2.64. The molecule has 7 nitrogen and oxygen atoms in total. The monoisotopic (exact) mass is 388 g/mol. The van der Waals surface area contributed by atoms with E-state index >= 15 is 0 Å². The number of nitrogens with one attached hydrogen (secondary N) is 2. The number of carbonyl (C=O) groups excluding carboxylic acids is 2. The van der Waals surface area contributed by atoms with Gasteiger partial charge < -0.3 is 15.4 Å². The van der Waals surface area contributed by atoms with E-state index in [1.807, 2.05) is 49.4 Å². The Labute approximate surface area is 168 Å². The van der Waals surface area contributed by atoms with Crippen LogP contribution in [0.25, 0.3) is 0 Å². The number of anilines is 3. The first-order valence-electron chi connectivity index (χ1n) is 9.25. The van der Waals surface area contributed by atoms with Gasteiger partial charge in [0.25, 0.3) is 5.91 Å². The van der Waals surface area contributed by atoms with Crippen molar-refractivity contribution in [1.82, 2.24) is 4.98 Å². The summed E-state index contributed by atoms with van der Waals surface area (Å²) in [5, 5.41) is 5.67. The van der Waals surface area contributed by atoms with E-state index in [-0.39, 0.29) is 17.6 Å². The molecule has 0 spiro atoms. The SMILES string of the molecule is Cc1cccc(NC(=O)c2ccc3c(n2)N(C(=O)Nc2ccccc2)CCO3)c1. The van der Waals surface area contributed by atoms with Crippen molar-refractivity contribution in [3.05, 3.63) is 78.0 Å². The summed E-state index contributed by atoms with van der Waals surface area (Å²) in [5.74, 6) is 0.431. The second kappa shape index (κ2) is 8.02. The number of nitrogens with zero attached hydrogens (tertiary/aromatic N) is 2. The molecule has 4 rings (SSSR count). The number of carbonyl (C=O) groups is 2. The standard InChI is InChI=1S/C22H20N4O3/c1-15-6-5-9-17(14-15)23-21(27)18-10-11-19-20(25-18)26(12-13-29-19)22(28)24-16-7-3-2-4-8-16/h2-11,14H,12-13H2,1H3,(H,23,27)(H,24,28). The molecule has 0 radical (unpaired) electrons. The predicted molar refractivity (Wildman–Crippen MR) is 112 cm³/mol. The highest BCUT2D eigenvalue weighted by atomic mass is 16.5. The van der Waals surface area contributed by atoms with Gasteiger partial charge in [-0.05, 0) is 48.9 Å². The van der Waals surface area contributed by atoms with Crippen LogP contribution in [-0.2, 0) is 0 Å². The lowest BCUT2D eigenvalue weighted by molar-refractivity contribution is 0.102. The number of aromatic nitrogens is 1. The molecule has 7 heteroatoms. The van der Waals surface area contributed by atoms with Gasteiger partial charge in [-0.3, -0.25) is 9.69 Å². The summed E-state index contributed by atoms with van der Waals surface area (Å²) in [5.41, 5.74) is 2.61. The van der Waals surface area contributed by atoms with Crippen LogP contribution >= 0.6 is 0 Å². The number of pyridine rings is 1. The van der Waals surface area contributed by atoms with Gasteiger partial charge in [-0.2, -0.15) is 0 Å². The first-order chi connectivity index (χ1) is 14.1. The average Bonchev–Trinajstić information content (AvgIpc) is 2.73. The number of aryl methyl sites for hydroxylation is 1. The number of hydrogen-bond donors (Lipinski definition) is 2. The Balaban J connectivity index is 1.56. The third-order valence-corrected chi connectivity index (χ3v) is 4.45. The fraction of sp³-hybridized carbons (Fsp3) is 0.136. The van der Waals surface area contributed by atoms with Crippen LogP contribution in [0.5, 0.6) is 5.75 Å². The fourth-order valence-electron chi connectivity index (χ4n) is 3.05. The van der Waals surface area contributed by atoms with E-state index in [0.29, 0.717) is 36.1 Å². The average molecular weight is 388 g/mol. The summed E-state index contributed by atoms with van der Waals surface area (Å²) in [6, 6.07) is 19.6. The second-order valence-electron chi connectivity index (χ2n) is 6.64. The fourth-order valence-corrected chi connectivity index (χ4v) is 3.05.